The van der Waals surface area contributed by atoms with E-state index >= 15 is 0 Å². The number of ether oxygens (including phenoxy) is 1. The van der Waals surface area contributed by atoms with E-state index in [4.69, 9.17) is 20.4 Å². The van der Waals surface area contributed by atoms with E-state index in [1.165, 1.54) is 35.7 Å². The number of carboxylic acid groups (broad SMARTS) is 1. The molecule has 0 saturated carbocycles. The quantitative estimate of drug-likeness (QED) is 0.121. The number of fused-ring (bicyclic) bond motifs is 1. The van der Waals surface area contributed by atoms with E-state index in [1.807, 2.05) is 4.57 Å². The molecular weight excluding hydrogens is 562 g/mol. The Morgan fingerprint density at radius 2 is 2.02 bits per heavy atom. The maximum absolute atomic E-state index is 13.2. The first-order valence-corrected chi connectivity index (χ1v) is 13.9. The Hall–Kier alpha value is -4.05. The van der Waals surface area contributed by atoms with E-state index in [-0.39, 0.29) is 33.5 Å². The van der Waals surface area contributed by atoms with Gasteiger partial charge < -0.3 is 30.6 Å². The van der Waals surface area contributed by atoms with E-state index < -0.39 is 35.6 Å². The Morgan fingerprint density at radius 3 is 2.62 bits per heavy atom. The number of carboxylic acids is 1. The summed E-state index contributed by atoms with van der Waals surface area (Å²) < 4.78 is 11.1. The van der Waals surface area contributed by atoms with Crippen molar-refractivity contribution in [2.75, 3.05) is 11.5 Å². The van der Waals surface area contributed by atoms with Crippen LogP contribution in [0.1, 0.15) is 43.9 Å². The molecule has 14 nitrogen and oxygen atoms in total. The number of carbonyl (C=O) groups is 4. The van der Waals surface area contributed by atoms with Crippen LogP contribution in [0, 0.1) is 0 Å². The molecule has 3 atom stereocenters. The smallest absolute Gasteiger partial charge is 0.350 e. The molecule has 4 rings (SSSR count). The Labute approximate surface area is 237 Å². The van der Waals surface area contributed by atoms with Crippen molar-refractivity contribution in [1.29, 1.82) is 0 Å². The van der Waals surface area contributed by atoms with Gasteiger partial charge in [-0.1, -0.05) is 5.16 Å². The molecular formula is C24H28N7O7S2+. The number of esters is 1. The Balaban J connectivity index is 1.42. The number of carbonyl (C=O) groups excluding carboxylic acids is 3. The van der Waals surface area contributed by atoms with Crippen LogP contribution in [0.2, 0.25) is 0 Å². The molecule has 0 spiro atoms. The minimum Gasteiger partial charge on any atom is -0.478 e. The van der Waals surface area contributed by atoms with Crippen LogP contribution in [0.3, 0.4) is 0 Å². The standard InChI is InChI=1S/C24H27N7O7S2/c1-12(22(36)37-24(2,3)4)38-28-15(17-27-23(25)40-29-17)18(32)26-16-19(33)31-10-13(11-39-20(16)31)9-30-7-5-14(6-8-30)21(34)35/h5-8,10,12,16,20H,9,11H2,1-4H3,(H3-,25,26,27,29,32,34,35)/p+1/t12?,16?,20-/m1/s1. The SMILES string of the molecule is CC(ON=C(C(=O)NC1C(=O)N2C=C(C[n+]3ccc(C(=O)O)cc3)CS[C@H]12)c1nsc(N)n1)C(=O)OC(C)(C)C. The monoisotopic (exact) mass is 590 g/mol. The number of pyridine rings is 1. The van der Waals surface area contributed by atoms with Crippen LogP contribution < -0.4 is 15.6 Å². The van der Waals surface area contributed by atoms with Crippen molar-refractivity contribution in [2.24, 2.45) is 5.16 Å². The fraction of sp³-hybridized carbons (Fsp3) is 0.417. The zero-order valence-corrected chi connectivity index (χ0v) is 23.7. The highest BCUT2D eigenvalue weighted by molar-refractivity contribution is 8.00. The van der Waals surface area contributed by atoms with Crippen LogP contribution in [0.4, 0.5) is 5.13 Å². The minimum absolute atomic E-state index is 0.0950. The fourth-order valence-corrected chi connectivity index (χ4v) is 5.36. The third-order valence-corrected chi connectivity index (χ3v) is 7.48. The molecule has 4 N–H and O–H groups in total. The normalized spacial score (nSPS) is 19.6. The van der Waals surface area contributed by atoms with E-state index in [2.05, 4.69) is 19.8 Å². The lowest BCUT2D eigenvalue weighted by atomic mass is 10.1. The lowest BCUT2D eigenvalue weighted by molar-refractivity contribution is -0.689. The molecule has 0 aromatic carbocycles. The van der Waals surface area contributed by atoms with E-state index in [0.717, 1.165) is 17.1 Å². The highest BCUT2D eigenvalue weighted by atomic mass is 32.2. The summed E-state index contributed by atoms with van der Waals surface area (Å²) in [5, 5.41) is 15.3. The number of oxime groups is 1. The van der Waals surface area contributed by atoms with Crippen molar-refractivity contribution in [2.45, 2.75) is 57.4 Å². The van der Waals surface area contributed by atoms with Crippen LogP contribution in [-0.2, 0) is 30.5 Å². The van der Waals surface area contributed by atoms with Crippen molar-refractivity contribution < 1.29 is 38.4 Å². The van der Waals surface area contributed by atoms with Gasteiger partial charge in [-0.3, -0.25) is 9.59 Å². The number of hydrogen-bond acceptors (Lipinski definition) is 12. The van der Waals surface area contributed by atoms with Crippen LogP contribution in [0.15, 0.2) is 41.5 Å². The number of nitrogen functional groups attached to an aromatic ring is 1. The first-order valence-electron chi connectivity index (χ1n) is 12.0. The van der Waals surface area contributed by atoms with Crippen LogP contribution in [-0.4, -0.2) is 77.7 Å². The van der Waals surface area contributed by atoms with Gasteiger partial charge in [0.05, 0.1) is 5.56 Å². The number of aromatic nitrogens is 3. The highest BCUT2D eigenvalue weighted by Gasteiger charge is 2.50. The second kappa shape index (κ2) is 11.6. The summed E-state index contributed by atoms with van der Waals surface area (Å²) in [5.74, 6) is -2.28. The molecule has 0 bridgehead atoms. The largest absolute Gasteiger partial charge is 0.478 e. The third-order valence-electron chi connectivity index (χ3n) is 5.56. The highest BCUT2D eigenvalue weighted by Crippen LogP contribution is 2.36. The van der Waals surface area contributed by atoms with Gasteiger partial charge in [0.15, 0.2) is 24.1 Å². The summed E-state index contributed by atoms with van der Waals surface area (Å²) >= 11 is 2.32. The average Bonchev–Trinajstić information content (AvgIpc) is 3.32. The maximum atomic E-state index is 13.2. The molecule has 2 aromatic heterocycles. The number of hydrogen-bond donors (Lipinski definition) is 3. The van der Waals surface area contributed by atoms with Crippen molar-refractivity contribution in [3.8, 4) is 0 Å². The third kappa shape index (κ3) is 6.74. The van der Waals surface area contributed by atoms with Crippen molar-refractivity contribution in [1.82, 2.24) is 19.6 Å². The predicted molar refractivity (Wildman–Crippen MR) is 144 cm³/mol. The zero-order chi connectivity index (χ0) is 29.2. The summed E-state index contributed by atoms with van der Waals surface area (Å²) in [5.41, 5.74) is 5.72. The summed E-state index contributed by atoms with van der Waals surface area (Å²) in [6.07, 6.45) is 3.93. The van der Waals surface area contributed by atoms with Crippen molar-refractivity contribution in [3.63, 3.8) is 0 Å². The summed E-state index contributed by atoms with van der Waals surface area (Å²) in [4.78, 5) is 60.1. The number of nitrogens with two attached hydrogens (primary N) is 1. The summed E-state index contributed by atoms with van der Waals surface area (Å²) in [6.45, 7) is 7.02. The van der Waals surface area contributed by atoms with E-state index in [1.54, 1.807) is 39.4 Å². The lowest BCUT2D eigenvalue weighted by Gasteiger charge is -2.47. The zero-order valence-electron chi connectivity index (χ0n) is 22.1. The number of β-lactam (4-membered cyclic amide) rings is 1. The Kier molecular flexibility index (Phi) is 8.39. The summed E-state index contributed by atoms with van der Waals surface area (Å²) in [7, 11) is 0. The second-order valence-electron chi connectivity index (χ2n) is 9.93. The van der Waals surface area contributed by atoms with Gasteiger partial charge in [-0.25, -0.2) is 14.2 Å². The van der Waals surface area contributed by atoms with Crippen molar-refractivity contribution in [3.05, 3.63) is 47.7 Å². The summed E-state index contributed by atoms with van der Waals surface area (Å²) in [6, 6.07) is 2.18. The van der Waals surface area contributed by atoms with Gasteiger partial charge in [0.1, 0.15) is 17.0 Å². The number of nitrogens with zero attached hydrogens (tertiary/aromatic N) is 5. The average molecular weight is 591 g/mol. The first-order chi connectivity index (χ1) is 18.8. The number of amides is 2. The maximum Gasteiger partial charge on any atom is 0.350 e. The lowest BCUT2D eigenvalue weighted by Crippen LogP contribution is -2.69. The second-order valence-corrected chi connectivity index (χ2v) is 11.8. The number of thioether (sulfide) groups is 1. The molecule has 212 valence electrons. The van der Waals surface area contributed by atoms with Crippen LogP contribution in [0.25, 0.3) is 0 Å². The molecule has 40 heavy (non-hydrogen) atoms. The molecule has 4 heterocycles. The topological polar surface area (TPSA) is 190 Å². The Morgan fingerprint density at radius 1 is 1.32 bits per heavy atom. The van der Waals surface area contributed by atoms with Gasteiger partial charge in [0.2, 0.25) is 17.6 Å². The van der Waals surface area contributed by atoms with E-state index in [0.29, 0.717) is 12.3 Å². The first kappa shape index (κ1) is 28.9. The van der Waals surface area contributed by atoms with Gasteiger partial charge in [0.25, 0.3) is 11.8 Å². The number of anilines is 1. The number of rotatable bonds is 9. The predicted octanol–water partition coefficient (Wildman–Crippen LogP) is 0.541. The minimum atomic E-state index is -1.13. The van der Waals surface area contributed by atoms with Crippen molar-refractivity contribution >= 4 is 57.9 Å². The van der Waals surface area contributed by atoms with Gasteiger partial charge in [0, 0.05) is 41.2 Å². The molecule has 0 aliphatic carbocycles. The molecule has 2 unspecified atom stereocenters. The molecule has 2 aliphatic rings. The Bertz CT molecular complexity index is 1380. The number of aromatic carboxylic acids is 1. The molecule has 1 saturated heterocycles. The molecule has 2 aliphatic heterocycles. The van der Waals surface area contributed by atoms with Gasteiger partial charge in [-0.15, -0.1) is 11.8 Å². The van der Waals surface area contributed by atoms with Gasteiger partial charge >= 0.3 is 11.9 Å². The van der Waals surface area contributed by atoms with Crippen LogP contribution in [0.5, 0.6) is 0 Å². The fourth-order valence-electron chi connectivity index (χ4n) is 3.67. The van der Waals surface area contributed by atoms with Crippen LogP contribution >= 0.6 is 23.3 Å². The molecule has 1 fully saturated rings. The van der Waals surface area contributed by atoms with E-state index in [9.17, 15) is 19.2 Å². The van der Waals surface area contributed by atoms with Gasteiger partial charge in [-0.2, -0.15) is 9.36 Å². The van der Waals surface area contributed by atoms with Gasteiger partial charge in [-0.05, 0) is 27.7 Å². The number of nitrogens with one attached hydrogen (secondary N) is 1. The molecule has 0 radical (unpaired) electrons. The molecule has 2 amide bonds. The molecule has 2 aromatic rings. The molecule has 16 heteroatoms.